The first-order valence-electron chi connectivity index (χ1n) is 7.51. The maximum Gasteiger partial charge on any atom is 0.238 e. The van der Waals surface area contributed by atoms with E-state index in [2.05, 4.69) is 5.32 Å². The van der Waals surface area contributed by atoms with E-state index in [0.717, 1.165) is 19.1 Å². The van der Waals surface area contributed by atoms with Gasteiger partial charge in [-0.1, -0.05) is 12.5 Å². The van der Waals surface area contributed by atoms with E-state index >= 15 is 0 Å². The summed E-state index contributed by atoms with van der Waals surface area (Å²) in [6.07, 6.45) is 3.22. The second-order valence-corrected chi connectivity index (χ2v) is 7.42. The van der Waals surface area contributed by atoms with Gasteiger partial charge in [0.2, 0.25) is 15.9 Å². The highest BCUT2D eigenvalue weighted by atomic mass is 32.2. The highest BCUT2D eigenvalue weighted by Gasteiger charge is 2.34. The minimum Gasteiger partial charge on any atom is -0.492 e. The largest absolute Gasteiger partial charge is 0.492 e. The first-order chi connectivity index (χ1) is 10.9. The summed E-state index contributed by atoms with van der Waals surface area (Å²) in [6.45, 7) is 0.779. The van der Waals surface area contributed by atoms with Crippen molar-refractivity contribution >= 4 is 15.9 Å². The van der Waals surface area contributed by atoms with E-state index in [1.165, 1.54) is 22.5 Å². The summed E-state index contributed by atoms with van der Waals surface area (Å²) >= 11 is 0. The Balaban J connectivity index is 1.81. The van der Waals surface area contributed by atoms with Crippen LogP contribution in [0.2, 0.25) is 0 Å². The second kappa shape index (κ2) is 7.74. The van der Waals surface area contributed by atoms with E-state index in [4.69, 9.17) is 4.74 Å². The van der Waals surface area contributed by atoms with Crippen molar-refractivity contribution in [3.8, 4) is 5.75 Å². The maximum absolute atomic E-state index is 13.0. The zero-order chi connectivity index (χ0) is 16.9. The molecule has 0 aliphatic carbocycles. The van der Waals surface area contributed by atoms with E-state index in [-0.39, 0.29) is 19.1 Å². The molecule has 0 radical (unpaired) electrons. The lowest BCUT2D eigenvalue weighted by Gasteiger charge is -2.32. The van der Waals surface area contributed by atoms with Crippen LogP contribution in [0, 0.1) is 5.82 Å². The molecule has 2 rings (SSSR count). The third kappa shape index (κ3) is 5.18. The van der Waals surface area contributed by atoms with Crippen molar-refractivity contribution in [2.24, 2.45) is 0 Å². The zero-order valence-electron chi connectivity index (χ0n) is 13.0. The Morgan fingerprint density at radius 2 is 2.22 bits per heavy atom. The van der Waals surface area contributed by atoms with Gasteiger partial charge in [-0.05, 0) is 25.0 Å². The summed E-state index contributed by atoms with van der Waals surface area (Å²) < 4.78 is 43.0. The van der Waals surface area contributed by atoms with Gasteiger partial charge in [0.05, 0.1) is 12.8 Å². The van der Waals surface area contributed by atoms with E-state index in [0.29, 0.717) is 18.7 Å². The molecule has 1 aliphatic heterocycles. The third-order valence-corrected chi connectivity index (χ3v) is 4.94. The SMILES string of the molecule is CS(=O)(=O)N1CCCCC1C(=O)NCCOc1cccc(F)c1. The first-order valence-corrected chi connectivity index (χ1v) is 9.35. The van der Waals surface area contributed by atoms with Crippen molar-refractivity contribution in [1.82, 2.24) is 9.62 Å². The molecule has 0 bridgehead atoms. The van der Waals surface area contributed by atoms with Crippen LogP contribution in [-0.2, 0) is 14.8 Å². The fourth-order valence-electron chi connectivity index (χ4n) is 2.58. The minimum absolute atomic E-state index is 0.181. The highest BCUT2D eigenvalue weighted by molar-refractivity contribution is 7.88. The molecule has 23 heavy (non-hydrogen) atoms. The lowest BCUT2D eigenvalue weighted by molar-refractivity contribution is -0.125. The number of halogens is 1. The minimum atomic E-state index is -3.40. The molecule has 1 unspecified atom stereocenters. The first kappa shape index (κ1) is 17.7. The number of hydrogen-bond acceptors (Lipinski definition) is 4. The number of carbonyl (C=O) groups is 1. The van der Waals surface area contributed by atoms with E-state index in [9.17, 15) is 17.6 Å². The van der Waals surface area contributed by atoms with Crippen molar-refractivity contribution in [1.29, 1.82) is 0 Å². The van der Waals surface area contributed by atoms with Crippen LogP contribution >= 0.6 is 0 Å². The molecule has 128 valence electrons. The summed E-state index contributed by atoms with van der Waals surface area (Å²) in [7, 11) is -3.40. The normalized spacial score (nSPS) is 19.3. The van der Waals surface area contributed by atoms with Gasteiger partial charge in [-0.2, -0.15) is 4.31 Å². The summed E-state index contributed by atoms with van der Waals surface area (Å²) in [4.78, 5) is 12.2. The van der Waals surface area contributed by atoms with E-state index in [1.807, 2.05) is 0 Å². The molecular formula is C15H21FN2O4S. The van der Waals surface area contributed by atoms with Gasteiger partial charge >= 0.3 is 0 Å². The highest BCUT2D eigenvalue weighted by Crippen LogP contribution is 2.19. The number of amides is 1. The van der Waals surface area contributed by atoms with Crippen LogP contribution < -0.4 is 10.1 Å². The van der Waals surface area contributed by atoms with Crippen LogP contribution in [0.25, 0.3) is 0 Å². The number of rotatable bonds is 6. The quantitative estimate of drug-likeness (QED) is 0.785. The van der Waals surface area contributed by atoms with Gasteiger partial charge in [0, 0.05) is 12.6 Å². The van der Waals surface area contributed by atoms with Gasteiger partial charge < -0.3 is 10.1 Å². The Kier molecular flexibility index (Phi) is 5.95. The van der Waals surface area contributed by atoms with Gasteiger partial charge in [0.1, 0.15) is 24.2 Å². The molecule has 6 nitrogen and oxygen atoms in total. The monoisotopic (exact) mass is 344 g/mol. The molecule has 1 atom stereocenters. The third-order valence-electron chi connectivity index (χ3n) is 3.65. The van der Waals surface area contributed by atoms with Crippen LogP contribution in [-0.4, -0.2) is 50.6 Å². The van der Waals surface area contributed by atoms with E-state index in [1.54, 1.807) is 6.07 Å². The number of nitrogens with one attached hydrogen (secondary N) is 1. The van der Waals surface area contributed by atoms with Crippen molar-refractivity contribution in [2.75, 3.05) is 26.0 Å². The number of ether oxygens (including phenoxy) is 1. The number of nitrogens with zero attached hydrogens (tertiary/aromatic N) is 1. The van der Waals surface area contributed by atoms with Gasteiger partial charge in [-0.15, -0.1) is 0 Å². The Bertz CT molecular complexity index is 651. The maximum atomic E-state index is 13.0. The molecule has 1 aromatic rings. The molecule has 1 N–H and O–H groups in total. The lowest BCUT2D eigenvalue weighted by Crippen LogP contribution is -2.52. The lowest BCUT2D eigenvalue weighted by atomic mass is 10.0. The molecule has 0 saturated carbocycles. The van der Waals surface area contributed by atoms with Crippen LogP contribution in [0.4, 0.5) is 4.39 Å². The molecule has 1 heterocycles. The molecule has 1 amide bonds. The average molecular weight is 344 g/mol. The van der Waals surface area contributed by atoms with Crippen molar-refractivity contribution < 1.29 is 22.3 Å². The smallest absolute Gasteiger partial charge is 0.238 e. The van der Waals surface area contributed by atoms with Gasteiger partial charge in [-0.3, -0.25) is 4.79 Å². The zero-order valence-corrected chi connectivity index (χ0v) is 13.8. The van der Waals surface area contributed by atoms with Crippen molar-refractivity contribution in [2.45, 2.75) is 25.3 Å². The molecular weight excluding hydrogens is 323 g/mol. The Morgan fingerprint density at radius 3 is 2.91 bits per heavy atom. The fourth-order valence-corrected chi connectivity index (χ4v) is 3.71. The molecule has 1 aliphatic rings. The molecule has 1 fully saturated rings. The molecule has 1 aromatic carbocycles. The average Bonchev–Trinajstić information content (AvgIpc) is 2.50. The van der Waals surface area contributed by atoms with Gasteiger partial charge in [-0.25, -0.2) is 12.8 Å². The topological polar surface area (TPSA) is 75.7 Å². The van der Waals surface area contributed by atoms with Crippen LogP contribution in [0.1, 0.15) is 19.3 Å². The summed E-state index contributed by atoms with van der Waals surface area (Å²) in [6, 6.07) is 5.08. The molecule has 1 saturated heterocycles. The standard InChI is InChI=1S/C15H21FN2O4S/c1-23(20,21)18-9-3-2-7-14(18)15(19)17-8-10-22-13-6-4-5-12(16)11-13/h4-6,11,14H,2-3,7-10H2,1H3,(H,17,19). The fraction of sp³-hybridized carbons (Fsp3) is 0.533. The number of piperidine rings is 1. The number of carbonyl (C=O) groups excluding carboxylic acids is 1. The summed E-state index contributed by atoms with van der Waals surface area (Å²) in [5.74, 6) is -0.329. The number of hydrogen-bond donors (Lipinski definition) is 1. The van der Waals surface area contributed by atoms with Crippen LogP contribution in [0.5, 0.6) is 5.75 Å². The Labute approximate surface area is 135 Å². The van der Waals surface area contributed by atoms with Gasteiger partial charge in [0.15, 0.2) is 0 Å². The Hall–Kier alpha value is -1.67. The molecule has 0 spiro atoms. The van der Waals surface area contributed by atoms with Crippen molar-refractivity contribution in [3.63, 3.8) is 0 Å². The summed E-state index contributed by atoms with van der Waals surface area (Å²) in [5.41, 5.74) is 0. The second-order valence-electron chi connectivity index (χ2n) is 5.48. The predicted molar refractivity (Wildman–Crippen MR) is 84.1 cm³/mol. The van der Waals surface area contributed by atoms with Crippen LogP contribution in [0.15, 0.2) is 24.3 Å². The Morgan fingerprint density at radius 1 is 1.43 bits per heavy atom. The van der Waals surface area contributed by atoms with E-state index < -0.39 is 21.9 Å². The van der Waals surface area contributed by atoms with Gasteiger partial charge in [0.25, 0.3) is 0 Å². The molecule has 0 aromatic heterocycles. The van der Waals surface area contributed by atoms with Crippen LogP contribution in [0.3, 0.4) is 0 Å². The number of sulfonamides is 1. The number of benzene rings is 1. The van der Waals surface area contributed by atoms with Crippen molar-refractivity contribution in [3.05, 3.63) is 30.1 Å². The summed E-state index contributed by atoms with van der Waals surface area (Å²) in [5, 5.41) is 2.68. The molecule has 8 heteroatoms. The predicted octanol–water partition coefficient (Wildman–Crippen LogP) is 1.13.